The van der Waals surface area contributed by atoms with Crippen molar-refractivity contribution in [2.75, 3.05) is 27.4 Å². The zero-order valence-electron chi connectivity index (χ0n) is 11.6. The quantitative estimate of drug-likeness (QED) is 0.797. The summed E-state index contributed by atoms with van der Waals surface area (Å²) in [6.45, 7) is 4.59. The molecule has 0 fully saturated rings. The fourth-order valence-corrected chi connectivity index (χ4v) is 2.19. The largest absolute Gasteiger partial charge is 0.496 e. The predicted molar refractivity (Wildman–Crippen MR) is 71.9 cm³/mol. The van der Waals surface area contributed by atoms with Crippen LogP contribution in [-0.2, 0) is 6.54 Å². The summed E-state index contributed by atoms with van der Waals surface area (Å²) < 4.78 is 5.43. The number of hydrogen-bond acceptors (Lipinski definition) is 4. The number of hydrogen-bond donors (Lipinski definition) is 2. The van der Waals surface area contributed by atoms with E-state index in [0.29, 0.717) is 6.54 Å². The van der Waals surface area contributed by atoms with E-state index in [4.69, 9.17) is 4.74 Å². The third-order valence-electron chi connectivity index (χ3n) is 3.16. The van der Waals surface area contributed by atoms with Crippen molar-refractivity contribution >= 4 is 0 Å². The van der Waals surface area contributed by atoms with E-state index < -0.39 is 0 Å². The molecule has 18 heavy (non-hydrogen) atoms. The van der Waals surface area contributed by atoms with Gasteiger partial charge in [-0.25, -0.2) is 0 Å². The maximum absolute atomic E-state index is 9.18. The summed E-state index contributed by atoms with van der Waals surface area (Å²) in [5.41, 5.74) is 3.36. The van der Waals surface area contributed by atoms with Gasteiger partial charge in [0.15, 0.2) is 0 Å². The molecule has 0 amide bonds. The van der Waals surface area contributed by atoms with Crippen LogP contribution in [0, 0.1) is 13.8 Å². The monoisotopic (exact) mass is 253 g/mol. The number of aliphatic hydroxyl groups is 2. The minimum atomic E-state index is -0.240. The van der Waals surface area contributed by atoms with Crippen LogP contribution in [0.1, 0.15) is 16.7 Å². The van der Waals surface area contributed by atoms with Gasteiger partial charge in [0.1, 0.15) is 5.75 Å². The molecule has 4 nitrogen and oxygen atoms in total. The van der Waals surface area contributed by atoms with Gasteiger partial charge >= 0.3 is 0 Å². The van der Waals surface area contributed by atoms with Gasteiger partial charge in [-0.15, -0.1) is 0 Å². The summed E-state index contributed by atoms with van der Waals surface area (Å²) in [5.74, 6) is 0.877. The molecule has 0 atom stereocenters. The van der Waals surface area contributed by atoms with Crippen molar-refractivity contribution in [2.24, 2.45) is 0 Å². The van der Waals surface area contributed by atoms with E-state index in [9.17, 15) is 10.2 Å². The molecule has 0 heterocycles. The Morgan fingerprint density at radius 1 is 1.22 bits per heavy atom. The number of likely N-dealkylation sites (N-methyl/N-ethyl adjacent to an activating group) is 1. The lowest BCUT2D eigenvalue weighted by atomic mass is 10.0. The van der Waals surface area contributed by atoms with Crippen LogP contribution in [-0.4, -0.2) is 48.5 Å². The molecule has 4 heteroatoms. The van der Waals surface area contributed by atoms with Crippen molar-refractivity contribution in [2.45, 2.75) is 26.4 Å². The molecule has 0 aliphatic carbocycles. The van der Waals surface area contributed by atoms with E-state index in [-0.39, 0.29) is 19.3 Å². The number of aliphatic hydroxyl groups excluding tert-OH is 2. The Balaban J connectivity index is 2.96. The molecule has 0 aliphatic heterocycles. The first kappa shape index (κ1) is 15.0. The first-order valence-electron chi connectivity index (χ1n) is 6.09. The highest BCUT2D eigenvalue weighted by Gasteiger charge is 2.16. The fourth-order valence-electron chi connectivity index (χ4n) is 2.19. The van der Waals surface area contributed by atoms with Gasteiger partial charge in [-0.3, -0.25) is 4.90 Å². The number of rotatable bonds is 6. The van der Waals surface area contributed by atoms with Crippen molar-refractivity contribution in [3.63, 3.8) is 0 Å². The van der Waals surface area contributed by atoms with Crippen LogP contribution in [0.4, 0.5) is 0 Å². The number of methoxy groups -OCH3 is 1. The summed E-state index contributed by atoms with van der Waals surface area (Å²) >= 11 is 0. The first-order valence-corrected chi connectivity index (χ1v) is 6.09. The number of benzene rings is 1. The average molecular weight is 253 g/mol. The Kier molecular flexibility index (Phi) is 5.59. The van der Waals surface area contributed by atoms with Gasteiger partial charge in [-0.2, -0.15) is 0 Å². The fraction of sp³-hybridized carbons (Fsp3) is 0.571. The SMILES string of the molecule is COc1c(C)cc(C)cc1CN(C)C(CO)CO. The normalized spacial score (nSPS) is 11.3. The maximum atomic E-state index is 9.18. The Morgan fingerprint density at radius 2 is 1.83 bits per heavy atom. The molecular weight excluding hydrogens is 230 g/mol. The lowest BCUT2D eigenvalue weighted by molar-refractivity contribution is 0.0868. The third-order valence-corrected chi connectivity index (χ3v) is 3.16. The van der Waals surface area contributed by atoms with Crippen LogP contribution >= 0.6 is 0 Å². The Morgan fingerprint density at radius 3 is 2.33 bits per heavy atom. The third kappa shape index (κ3) is 3.45. The molecule has 0 bridgehead atoms. The molecule has 102 valence electrons. The minimum Gasteiger partial charge on any atom is -0.496 e. The molecule has 1 aromatic rings. The van der Waals surface area contributed by atoms with E-state index in [2.05, 4.69) is 12.1 Å². The minimum absolute atomic E-state index is 0.0554. The van der Waals surface area contributed by atoms with Crippen molar-refractivity contribution in [1.29, 1.82) is 0 Å². The molecule has 0 saturated carbocycles. The first-order chi connectivity index (χ1) is 8.53. The summed E-state index contributed by atoms with van der Waals surface area (Å²) in [6.07, 6.45) is 0. The number of ether oxygens (including phenoxy) is 1. The van der Waals surface area contributed by atoms with Crippen LogP contribution in [0.2, 0.25) is 0 Å². The lowest BCUT2D eigenvalue weighted by Gasteiger charge is -2.26. The van der Waals surface area contributed by atoms with Crippen molar-refractivity contribution < 1.29 is 14.9 Å². The molecule has 2 N–H and O–H groups in total. The van der Waals surface area contributed by atoms with Gasteiger partial charge in [-0.05, 0) is 26.5 Å². The van der Waals surface area contributed by atoms with E-state index in [1.54, 1.807) is 7.11 Å². The smallest absolute Gasteiger partial charge is 0.126 e. The molecule has 0 aliphatic rings. The van der Waals surface area contributed by atoms with Crippen molar-refractivity contribution in [3.05, 3.63) is 28.8 Å². The second-order valence-corrected chi connectivity index (χ2v) is 4.71. The van der Waals surface area contributed by atoms with Gasteiger partial charge in [0.05, 0.1) is 26.4 Å². The summed E-state index contributed by atoms with van der Waals surface area (Å²) in [6, 6.07) is 3.92. The molecule has 0 unspecified atom stereocenters. The van der Waals surface area contributed by atoms with E-state index >= 15 is 0 Å². The molecule has 0 radical (unpaired) electrons. The van der Waals surface area contributed by atoms with Gasteiger partial charge in [-0.1, -0.05) is 17.7 Å². The van der Waals surface area contributed by atoms with Gasteiger partial charge in [0, 0.05) is 12.1 Å². The molecule has 0 spiro atoms. The highest BCUT2D eigenvalue weighted by atomic mass is 16.5. The zero-order valence-corrected chi connectivity index (χ0v) is 11.6. The standard InChI is InChI=1S/C14H23NO3/c1-10-5-11(2)14(18-4)12(6-10)7-15(3)13(8-16)9-17/h5-6,13,16-17H,7-9H2,1-4H3. The molecule has 1 aromatic carbocycles. The molecular formula is C14H23NO3. The number of aryl methyl sites for hydroxylation is 2. The summed E-state index contributed by atoms with van der Waals surface area (Å²) in [7, 11) is 3.55. The van der Waals surface area contributed by atoms with Gasteiger partial charge < -0.3 is 14.9 Å². The molecule has 0 aromatic heterocycles. The second kappa shape index (κ2) is 6.73. The van der Waals surface area contributed by atoms with Crippen LogP contribution in [0.25, 0.3) is 0 Å². The van der Waals surface area contributed by atoms with Gasteiger partial charge in [0.25, 0.3) is 0 Å². The van der Waals surface area contributed by atoms with Crippen molar-refractivity contribution in [1.82, 2.24) is 4.90 Å². The van der Waals surface area contributed by atoms with Gasteiger partial charge in [0.2, 0.25) is 0 Å². The van der Waals surface area contributed by atoms with Crippen LogP contribution in [0.3, 0.4) is 0 Å². The van der Waals surface area contributed by atoms with Crippen LogP contribution < -0.4 is 4.74 Å². The van der Waals surface area contributed by atoms with E-state index in [0.717, 1.165) is 16.9 Å². The average Bonchev–Trinajstić information content (AvgIpc) is 2.30. The Labute approximate surface area is 109 Å². The van der Waals surface area contributed by atoms with E-state index in [1.165, 1.54) is 5.56 Å². The summed E-state index contributed by atoms with van der Waals surface area (Å²) in [4.78, 5) is 1.93. The van der Waals surface area contributed by atoms with Crippen LogP contribution in [0.5, 0.6) is 5.75 Å². The zero-order chi connectivity index (χ0) is 13.7. The Bertz CT molecular complexity index is 389. The van der Waals surface area contributed by atoms with Crippen LogP contribution in [0.15, 0.2) is 12.1 Å². The topological polar surface area (TPSA) is 52.9 Å². The molecule has 0 saturated heterocycles. The van der Waals surface area contributed by atoms with E-state index in [1.807, 2.05) is 25.8 Å². The second-order valence-electron chi connectivity index (χ2n) is 4.71. The number of nitrogens with zero attached hydrogens (tertiary/aromatic N) is 1. The van der Waals surface area contributed by atoms with Crippen molar-refractivity contribution in [3.8, 4) is 5.75 Å². The maximum Gasteiger partial charge on any atom is 0.126 e. The summed E-state index contributed by atoms with van der Waals surface area (Å²) in [5, 5.41) is 18.4. The predicted octanol–water partition coefficient (Wildman–Crippen LogP) is 1.10. The molecule has 1 rings (SSSR count). The highest BCUT2D eigenvalue weighted by molar-refractivity contribution is 5.43. The lowest BCUT2D eigenvalue weighted by Crippen LogP contribution is -2.37. The Hall–Kier alpha value is -1.10. The highest BCUT2D eigenvalue weighted by Crippen LogP contribution is 2.26.